The molecule has 0 heterocycles. The minimum Gasteiger partial charge on any atom is -0.450 e. The van der Waals surface area contributed by atoms with Crippen molar-refractivity contribution >= 4 is 18.5 Å². The Morgan fingerprint density at radius 2 is 2.11 bits per heavy atom. The minimum absolute atomic E-state index is 0. The Balaban J connectivity index is 0. The fraction of sp³-hybridized carbons (Fsp3) is 0.750. The lowest BCUT2D eigenvalue weighted by atomic mass is 10.5. The van der Waals surface area contributed by atoms with E-state index >= 15 is 0 Å². The van der Waals surface area contributed by atoms with E-state index in [0.717, 1.165) is 0 Å². The van der Waals surface area contributed by atoms with Gasteiger partial charge in [0.1, 0.15) is 0 Å². The van der Waals surface area contributed by atoms with Crippen molar-refractivity contribution in [2.45, 2.75) is 6.42 Å². The van der Waals surface area contributed by atoms with Crippen LogP contribution in [0.25, 0.3) is 0 Å². The van der Waals surface area contributed by atoms with Gasteiger partial charge in [-0.05, 0) is 13.0 Å². The molecule has 0 radical (unpaired) electrons. The van der Waals surface area contributed by atoms with E-state index in [-0.39, 0.29) is 12.4 Å². The maximum atomic E-state index is 9.83. The summed E-state index contributed by atoms with van der Waals surface area (Å²) < 4.78 is 4.34. The van der Waals surface area contributed by atoms with E-state index in [9.17, 15) is 4.79 Å². The molecule has 0 aliphatic rings. The molecule has 0 bridgehead atoms. The topological polar surface area (TPSA) is 78.3 Å². The Kier molecular flexibility index (Phi) is 9.47. The molecule has 56 valence electrons. The molecule has 0 spiro atoms. The van der Waals surface area contributed by atoms with Crippen LogP contribution in [0.4, 0.5) is 4.79 Å². The zero-order valence-electron chi connectivity index (χ0n) is 5.00. The number of hydrogen-bond acceptors (Lipinski definition) is 3. The molecule has 0 fully saturated rings. The maximum Gasteiger partial charge on any atom is 0.404 e. The molecule has 0 aromatic carbocycles. The molecule has 4 nitrogen and oxygen atoms in total. The Bertz CT molecular complexity index is 79.0. The molecule has 0 aromatic heterocycles. The van der Waals surface area contributed by atoms with Gasteiger partial charge in [-0.25, -0.2) is 4.79 Å². The van der Waals surface area contributed by atoms with Gasteiger partial charge in [-0.1, -0.05) is 0 Å². The van der Waals surface area contributed by atoms with Crippen molar-refractivity contribution in [2.24, 2.45) is 11.5 Å². The van der Waals surface area contributed by atoms with Crippen LogP contribution in [0.1, 0.15) is 6.42 Å². The smallest absolute Gasteiger partial charge is 0.404 e. The summed E-state index contributed by atoms with van der Waals surface area (Å²) in [4.78, 5) is 9.83. The van der Waals surface area contributed by atoms with Gasteiger partial charge in [0, 0.05) is 0 Å². The average molecular weight is 155 g/mol. The van der Waals surface area contributed by atoms with Crippen molar-refractivity contribution in [1.82, 2.24) is 0 Å². The van der Waals surface area contributed by atoms with Crippen LogP contribution in [-0.4, -0.2) is 19.2 Å². The molecule has 0 rings (SSSR count). The number of carbonyl (C=O) groups excluding carboxylic acids is 1. The van der Waals surface area contributed by atoms with E-state index in [1.54, 1.807) is 0 Å². The minimum atomic E-state index is -0.738. The number of nitrogens with two attached hydrogens (primary N) is 2. The van der Waals surface area contributed by atoms with Crippen molar-refractivity contribution < 1.29 is 9.53 Å². The van der Waals surface area contributed by atoms with Crippen LogP contribution in [0, 0.1) is 0 Å². The van der Waals surface area contributed by atoms with Gasteiger partial charge in [-0.3, -0.25) is 0 Å². The van der Waals surface area contributed by atoms with Gasteiger partial charge in [0.2, 0.25) is 0 Å². The molecule has 0 atom stereocenters. The zero-order chi connectivity index (χ0) is 6.41. The van der Waals surface area contributed by atoms with E-state index in [2.05, 4.69) is 10.5 Å². The summed E-state index contributed by atoms with van der Waals surface area (Å²) in [5, 5.41) is 0. The highest BCUT2D eigenvalue weighted by Crippen LogP contribution is 1.76. The number of halogens is 1. The zero-order valence-corrected chi connectivity index (χ0v) is 5.82. The second kappa shape index (κ2) is 7.52. The van der Waals surface area contributed by atoms with Crippen molar-refractivity contribution in [3.8, 4) is 0 Å². The van der Waals surface area contributed by atoms with Gasteiger partial charge in [-0.2, -0.15) is 0 Å². The molecule has 0 aromatic rings. The summed E-state index contributed by atoms with van der Waals surface area (Å²) in [7, 11) is 0. The van der Waals surface area contributed by atoms with E-state index in [0.29, 0.717) is 19.6 Å². The van der Waals surface area contributed by atoms with E-state index < -0.39 is 6.09 Å². The van der Waals surface area contributed by atoms with Crippen molar-refractivity contribution in [3.63, 3.8) is 0 Å². The number of carbonyl (C=O) groups is 1. The Morgan fingerprint density at radius 1 is 1.56 bits per heavy atom. The maximum absolute atomic E-state index is 9.83. The van der Waals surface area contributed by atoms with Crippen LogP contribution in [0.2, 0.25) is 0 Å². The first-order chi connectivity index (χ1) is 3.77. The highest BCUT2D eigenvalue weighted by atomic mass is 35.5. The summed E-state index contributed by atoms with van der Waals surface area (Å²) >= 11 is 0. The average Bonchev–Trinajstić information content (AvgIpc) is 1.66. The Morgan fingerprint density at radius 3 is 2.44 bits per heavy atom. The fourth-order valence-electron chi connectivity index (χ4n) is 0.256. The number of rotatable bonds is 3. The van der Waals surface area contributed by atoms with Gasteiger partial charge in [0.15, 0.2) is 0 Å². The largest absolute Gasteiger partial charge is 0.450 e. The van der Waals surface area contributed by atoms with Crippen molar-refractivity contribution in [1.29, 1.82) is 0 Å². The predicted molar refractivity (Wildman–Crippen MR) is 36.5 cm³/mol. The van der Waals surface area contributed by atoms with Crippen LogP contribution < -0.4 is 11.5 Å². The number of amides is 1. The summed E-state index contributed by atoms with van der Waals surface area (Å²) in [5.74, 6) is 0. The second-order valence-electron chi connectivity index (χ2n) is 1.31. The van der Waals surface area contributed by atoms with Crippen molar-refractivity contribution in [2.75, 3.05) is 13.2 Å². The number of ether oxygens (including phenoxy) is 1. The van der Waals surface area contributed by atoms with Gasteiger partial charge < -0.3 is 16.2 Å². The van der Waals surface area contributed by atoms with Crippen LogP contribution in [0.3, 0.4) is 0 Å². The third-order valence-corrected chi connectivity index (χ3v) is 0.593. The van der Waals surface area contributed by atoms with Crippen LogP contribution in [-0.2, 0) is 4.74 Å². The third-order valence-electron chi connectivity index (χ3n) is 0.593. The SMILES string of the molecule is Cl.NCCCOC(N)=O. The fourth-order valence-corrected chi connectivity index (χ4v) is 0.256. The Labute approximate surface area is 59.9 Å². The molecule has 0 saturated carbocycles. The molecule has 4 N–H and O–H groups in total. The lowest BCUT2D eigenvalue weighted by Crippen LogP contribution is -2.15. The van der Waals surface area contributed by atoms with E-state index in [1.807, 2.05) is 0 Å². The molecule has 0 aliphatic carbocycles. The lowest BCUT2D eigenvalue weighted by molar-refractivity contribution is 0.156. The number of hydrogen-bond donors (Lipinski definition) is 2. The summed E-state index contributed by atoms with van der Waals surface area (Å²) in [6.45, 7) is 0.846. The third kappa shape index (κ3) is 11.2. The van der Waals surface area contributed by atoms with Gasteiger partial charge in [0.25, 0.3) is 0 Å². The first kappa shape index (κ1) is 11.3. The standard InChI is InChI=1S/C4H10N2O2.ClH/c5-2-1-3-8-4(6)7;/h1-3,5H2,(H2,6,7);1H. The normalized spacial score (nSPS) is 7.67. The highest BCUT2D eigenvalue weighted by molar-refractivity contribution is 5.85. The predicted octanol–water partition coefficient (Wildman–Crippen LogP) is -0.148. The number of primary amides is 1. The molecule has 0 unspecified atom stereocenters. The second-order valence-corrected chi connectivity index (χ2v) is 1.31. The molecular weight excluding hydrogens is 144 g/mol. The van der Waals surface area contributed by atoms with Crippen LogP contribution >= 0.6 is 12.4 Å². The van der Waals surface area contributed by atoms with Gasteiger partial charge in [-0.15, -0.1) is 12.4 Å². The summed E-state index contributed by atoms with van der Waals surface area (Å²) in [6.07, 6.45) is -0.0680. The first-order valence-corrected chi connectivity index (χ1v) is 2.39. The lowest BCUT2D eigenvalue weighted by Gasteiger charge is -1.96. The summed E-state index contributed by atoms with van der Waals surface area (Å²) in [5.41, 5.74) is 9.71. The molecule has 1 amide bonds. The van der Waals surface area contributed by atoms with E-state index in [4.69, 9.17) is 5.73 Å². The molecule has 5 heteroatoms. The van der Waals surface area contributed by atoms with E-state index in [1.165, 1.54) is 0 Å². The highest BCUT2D eigenvalue weighted by Gasteiger charge is 1.88. The van der Waals surface area contributed by atoms with Crippen molar-refractivity contribution in [3.05, 3.63) is 0 Å². The van der Waals surface area contributed by atoms with Gasteiger partial charge in [0.05, 0.1) is 6.61 Å². The van der Waals surface area contributed by atoms with Crippen LogP contribution in [0.5, 0.6) is 0 Å². The molecular formula is C4H11ClN2O2. The van der Waals surface area contributed by atoms with Crippen LogP contribution in [0.15, 0.2) is 0 Å². The molecule has 0 aliphatic heterocycles. The van der Waals surface area contributed by atoms with Gasteiger partial charge >= 0.3 is 6.09 Å². The quantitative estimate of drug-likeness (QED) is 0.555. The molecule has 9 heavy (non-hydrogen) atoms. The Hall–Kier alpha value is -0.480. The first-order valence-electron chi connectivity index (χ1n) is 2.39. The summed E-state index contributed by atoms with van der Waals surface area (Å²) in [6, 6.07) is 0. The molecule has 0 saturated heterocycles. The monoisotopic (exact) mass is 154 g/mol.